The Morgan fingerprint density at radius 2 is 2.00 bits per heavy atom. The molecule has 3 aromatic rings. The van der Waals surface area contributed by atoms with Crippen LogP contribution in [-0.4, -0.2) is 33.0 Å². The zero-order valence-electron chi connectivity index (χ0n) is 14.6. The quantitative estimate of drug-likeness (QED) is 0.787. The first kappa shape index (κ1) is 16.3. The molecule has 2 aromatic heterocycles. The second kappa shape index (κ2) is 6.25. The molecule has 0 radical (unpaired) electrons. The van der Waals surface area contributed by atoms with Crippen LogP contribution < -0.4 is 10.2 Å². The van der Waals surface area contributed by atoms with Crippen LogP contribution in [0.15, 0.2) is 42.7 Å². The minimum Gasteiger partial charge on any atom is -0.323 e. The van der Waals surface area contributed by atoms with Crippen LogP contribution in [0.2, 0.25) is 0 Å². The van der Waals surface area contributed by atoms with Crippen molar-refractivity contribution in [1.82, 2.24) is 14.6 Å². The molecule has 1 N–H and O–H groups in total. The second-order valence-electron chi connectivity index (χ2n) is 6.66. The predicted octanol–water partition coefficient (Wildman–Crippen LogP) is 2.34. The Bertz CT molecular complexity index is 993. The molecule has 4 rings (SSSR count). The molecule has 1 saturated heterocycles. The molecule has 1 aliphatic rings. The lowest BCUT2D eigenvalue weighted by Gasteiger charge is -2.17. The highest BCUT2D eigenvalue weighted by atomic mass is 16.2. The van der Waals surface area contributed by atoms with E-state index in [1.54, 1.807) is 21.8 Å². The van der Waals surface area contributed by atoms with Crippen molar-refractivity contribution in [2.45, 2.75) is 20.3 Å². The van der Waals surface area contributed by atoms with Crippen LogP contribution in [0.4, 0.5) is 11.4 Å². The SMILES string of the molecule is Cc1ccc(N2C[C@@H](C(=O)Nc3cnc4cc(C)nn4c3)CC2=O)cc1. The maximum absolute atomic E-state index is 12.6. The number of fused-ring (bicyclic) bond motifs is 1. The first-order valence-electron chi connectivity index (χ1n) is 8.49. The van der Waals surface area contributed by atoms with Crippen molar-refractivity contribution >= 4 is 28.8 Å². The minimum absolute atomic E-state index is 0.0368. The molecule has 1 aromatic carbocycles. The first-order valence-corrected chi connectivity index (χ1v) is 8.49. The molecule has 1 atom stereocenters. The number of nitrogens with zero attached hydrogens (tertiary/aromatic N) is 4. The number of amides is 2. The average molecular weight is 349 g/mol. The van der Waals surface area contributed by atoms with Gasteiger partial charge in [0, 0.05) is 24.7 Å². The summed E-state index contributed by atoms with van der Waals surface area (Å²) in [7, 11) is 0. The number of carbonyl (C=O) groups is 2. The summed E-state index contributed by atoms with van der Waals surface area (Å²) >= 11 is 0. The van der Waals surface area contributed by atoms with E-state index in [0.29, 0.717) is 12.2 Å². The molecule has 1 aliphatic heterocycles. The highest BCUT2D eigenvalue weighted by Gasteiger charge is 2.35. The first-order chi connectivity index (χ1) is 12.5. The summed E-state index contributed by atoms with van der Waals surface area (Å²) in [5.74, 6) is -0.609. The third kappa shape index (κ3) is 3.03. The topological polar surface area (TPSA) is 79.6 Å². The molecule has 7 heteroatoms. The van der Waals surface area contributed by atoms with Crippen LogP contribution in [0.3, 0.4) is 0 Å². The van der Waals surface area contributed by atoms with E-state index in [1.807, 2.05) is 44.2 Å². The summed E-state index contributed by atoms with van der Waals surface area (Å²) in [5.41, 5.74) is 4.10. The summed E-state index contributed by atoms with van der Waals surface area (Å²) in [4.78, 5) is 30.9. The number of rotatable bonds is 3. The molecule has 0 bridgehead atoms. The van der Waals surface area contributed by atoms with Gasteiger partial charge in [0.15, 0.2) is 5.65 Å². The van der Waals surface area contributed by atoms with Crippen LogP contribution in [0.25, 0.3) is 5.65 Å². The zero-order chi connectivity index (χ0) is 18.3. The number of hydrogen-bond donors (Lipinski definition) is 1. The van der Waals surface area contributed by atoms with E-state index in [9.17, 15) is 9.59 Å². The van der Waals surface area contributed by atoms with Gasteiger partial charge in [-0.3, -0.25) is 9.59 Å². The maximum Gasteiger partial charge on any atom is 0.229 e. The highest BCUT2D eigenvalue weighted by Crippen LogP contribution is 2.26. The van der Waals surface area contributed by atoms with Crippen molar-refractivity contribution < 1.29 is 9.59 Å². The number of nitrogens with one attached hydrogen (secondary N) is 1. The summed E-state index contributed by atoms with van der Waals surface area (Å²) in [6, 6.07) is 9.60. The number of carbonyl (C=O) groups excluding carboxylic acids is 2. The summed E-state index contributed by atoms with van der Waals surface area (Å²) < 4.78 is 1.63. The summed E-state index contributed by atoms with van der Waals surface area (Å²) in [6.07, 6.45) is 3.53. The molecule has 1 fully saturated rings. The van der Waals surface area contributed by atoms with Gasteiger partial charge in [-0.2, -0.15) is 5.10 Å². The monoisotopic (exact) mass is 349 g/mol. The molecule has 3 heterocycles. The number of anilines is 2. The lowest BCUT2D eigenvalue weighted by atomic mass is 10.1. The van der Waals surface area contributed by atoms with Gasteiger partial charge in [-0.05, 0) is 26.0 Å². The van der Waals surface area contributed by atoms with Crippen molar-refractivity contribution in [2.24, 2.45) is 5.92 Å². The summed E-state index contributed by atoms with van der Waals surface area (Å²) in [5, 5.41) is 7.14. The van der Waals surface area contributed by atoms with Crippen molar-refractivity contribution in [1.29, 1.82) is 0 Å². The van der Waals surface area contributed by atoms with Crippen LogP contribution in [-0.2, 0) is 9.59 Å². The van der Waals surface area contributed by atoms with Gasteiger partial charge in [0.05, 0.1) is 29.7 Å². The second-order valence-corrected chi connectivity index (χ2v) is 6.66. The molecule has 0 saturated carbocycles. The maximum atomic E-state index is 12.6. The van der Waals surface area contributed by atoms with Crippen LogP contribution in [0.1, 0.15) is 17.7 Å². The van der Waals surface area contributed by atoms with Crippen LogP contribution >= 0.6 is 0 Å². The zero-order valence-corrected chi connectivity index (χ0v) is 14.6. The summed E-state index contributed by atoms with van der Waals surface area (Å²) in [6.45, 7) is 4.26. The molecule has 0 unspecified atom stereocenters. The average Bonchev–Trinajstić information content (AvgIpc) is 3.17. The van der Waals surface area contributed by atoms with Gasteiger partial charge >= 0.3 is 0 Å². The third-order valence-electron chi connectivity index (χ3n) is 4.54. The van der Waals surface area contributed by atoms with E-state index in [2.05, 4.69) is 15.4 Å². The number of aromatic nitrogens is 3. The molecular formula is C19H19N5O2. The Hall–Kier alpha value is -3.22. The van der Waals surface area contributed by atoms with Crippen molar-refractivity contribution in [3.05, 3.63) is 54.0 Å². The van der Waals surface area contributed by atoms with E-state index < -0.39 is 0 Å². The van der Waals surface area contributed by atoms with E-state index in [4.69, 9.17) is 0 Å². The fourth-order valence-electron chi connectivity index (χ4n) is 3.16. The van der Waals surface area contributed by atoms with Crippen LogP contribution in [0.5, 0.6) is 0 Å². The number of hydrogen-bond acceptors (Lipinski definition) is 4. The van der Waals surface area contributed by atoms with Gasteiger partial charge in [0.1, 0.15) is 0 Å². The Morgan fingerprint density at radius 3 is 2.77 bits per heavy atom. The van der Waals surface area contributed by atoms with Gasteiger partial charge in [-0.25, -0.2) is 9.50 Å². The van der Waals surface area contributed by atoms with Crippen molar-refractivity contribution in [3.63, 3.8) is 0 Å². The lowest BCUT2D eigenvalue weighted by molar-refractivity contribution is -0.122. The molecular weight excluding hydrogens is 330 g/mol. The third-order valence-corrected chi connectivity index (χ3v) is 4.54. The molecule has 132 valence electrons. The Morgan fingerprint density at radius 1 is 1.23 bits per heavy atom. The fourth-order valence-corrected chi connectivity index (χ4v) is 3.16. The van der Waals surface area contributed by atoms with Crippen molar-refractivity contribution in [3.8, 4) is 0 Å². The van der Waals surface area contributed by atoms with E-state index >= 15 is 0 Å². The Kier molecular flexibility index (Phi) is 3.91. The number of benzene rings is 1. The Balaban J connectivity index is 1.47. The lowest BCUT2D eigenvalue weighted by Crippen LogP contribution is -2.28. The van der Waals surface area contributed by atoms with Gasteiger partial charge in [-0.1, -0.05) is 17.7 Å². The van der Waals surface area contributed by atoms with E-state index in [0.717, 1.165) is 22.6 Å². The van der Waals surface area contributed by atoms with Crippen LogP contribution in [0, 0.1) is 19.8 Å². The number of aryl methyl sites for hydroxylation is 2. The van der Waals surface area contributed by atoms with Crippen molar-refractivity contribution in [2.75, 3.05) is 16.8 Å². The van der Waals surface area contributed by atoms with Gasteiger partial charge in [-0.15, -0.1) is 0 Å². The predicted molar refractivity (Wildman–Crippen MR) is 98.0 cm³/mol. The molecule has 7 nitrogen and oxygen atoms in total. The van der Waals surface area contributed by atoms with Gasteiger partial charge in [0.2, 0.25) is 11.8 Å². The van der Waals surface area contributed by atoms with E-state index in [1.165, 1.54) is 0 Å². The standard InChI is InChI=1S/C19H19N5O2/c1-12-3-5-16(6-4-12)23-10-14(8-18(23)25)19(26)21-15-9-20-17-7-13(2)22-24(17)11-15/h3-7,9,11,14H,8,10H2,1-2H3,(H,21,26)/t14-/m0/s1. The molecule has 26 heavy (non-hydrogen) atoms. The fraction of sp³-hybridized carbons (Fsp3) is 0.263. The smallest absolute Gasteiger partial charge is 0.229 e. The van der Waals surface area contributed by atoms with E-state index in [-0.39, 0.29) is 24.2 Å². The molecule has 0 aliphatic carbocycles. The normalized spacial score (nSPS) is 17.1. The highest BCUT2D eigenvalue weighted by molar-refractivity contribution is 6.03. The molecule has 0 spiro atoms. The Labute approximate surface area is 150 Å². The molecule has 2 amide bonds. The minimum atomic E-state index is -0.390. The van der Waals surface area contributed by atoms with Gasteiger partial charge < -0.3 is 10.2 Å². The largest absolute Gasteiger partial charge is 0.323 e. The van der Waals surface area contributed by atoms with Gasteiger partial charge in [0.25, 0.3) is 0 Å².